The van der Waals surface area contributed by atoms with Crippen LogP contribution in [0.4, 0.5) is 0 Å². The monoisotopic (exact) mass is 290 g/mol. The zero-order valence-corrected chi connectivity index (χ0v) is 11.9. The third-order valence-electron chi connectivity index (χ3n) is 3.08. The highest BCUT2D eigenvalue weighted by molar-refractivity contribution is 6.33. The van der Waals surface area contributed by atoms with Gasteiger partial charge in [-0.15, -0.1) is 0 Å². The van der Waals surface area contributed by atoms with Gasteiger partial charge in [0.2, 0.25) is 0 Å². The van der Waals surface area contributed by atoms with E-state index in [1.54, 1.807) is 19.2 Å². The van der Waals surface area contributed by atoms with Gasteiger partial charge in [-0.3, -0.25) is 0 Å². The summed E-state index contributed by atoms with van der Waals surface area (Å²) < 4.78 is 5.04. The van der Waals surface area contributed by atoms with Gasteiger partial charge in [-0.2, -0.15) is 0 Å². The summed E-state index contributed by atoms with van der Waals surface area (Å²) in [7, 11) is 1.68. The van der Waals surface area contributed by atoms with E-state index in [2.05, 4.69) is 0 Å². The van der Waals surface area contributed by atoms with Crippen molar-refractivity contribution in [2.24, 2.45) is 0 Å². The maximum absolute atomic E-state index is 11.1. The Kier molecular flexibility index (Phi) is 4.77. The highest BCUT2D eigenvalue weighted by Crippen LogP contribution is 2.25. The fourth-order valence-corrected chi connectivity index (χ4v) is 2.15. The van der Waals surface area contributed by atoms with Crippen LogP contribution in [0.3, 0.4) is 0 Å². The topological polar surface area (TPSA) is 46.5 Å². The van der Waals surface area contributed by atoms with E-state index in [1.807, 2.05) is 30.3 Å². The van der Waals surface area contributed by atoms with Gasteiger partial charge in [0.1, 0.15) is 0 Å². The number of halogens is 1. The van der Waals surface area contributed by atoms with E-state index in [4.69, 9.17) is 21.4 Å². The first kappa shape index (κ1) is 14.6. The average Bonchev–Trinajstić information content (AvgIpc) is 2.46. The molecule has 1 N–H and O–H groups in total. The Morgan fingerprint density at radius 3 is 2.40 bits per heavy atom. The van der Waals surface area contributed by atoms with Crippen molar-refractivity contribution >= 4 is 17.6 Å². The number of carboxylic acids is 1. The lowest BCUT2D eigenvalue weighted by atomic mass is 10.0. The molecule has 2 aromatic carbocycles. The molecule has 0 saturated carbocycles. The third kappa shape index (κ3) is 3.38. The molecule has 0 aliphatic heterocycles. The van der Waals surface area contributed by atoms with Crippen molar-refractivity contribution in [3.63, 3.8) is 0 Å². The Balaban J connectivity index is 2.27. The lowest BCUT2D eigenvalue weighted by Gasteiger charge is -2.06. The van der Waals surface area contributed by atoms with E-state index < -0.39 is 5.97 Å². The molecule has 0 aliphatic rings. The predicted molar refractivity (Wildman–Crippen MR) is 79.4 cm³/mol. The number of benzene rings is 2. The summed E-state index contributed by atoms with van der Waals surface area (Å²) in [4.78, 5) is 11.1. The molecule has 0 spiro atoms. The molecule has 0 aromatic heterocycles. The summed E-state index contributed by atoms with van der Waals surface area (Å²) in [5, 5.41) is 9.33. The quantitative estimate of drug-likeness (QED) is 0.908. The van der Waals surface area contributed by atoms with Crippen LogP contribution in [0.25, 0.3) is 11.1 Å². The van der Waals surface area contributed by atoms with Gasteiger partial charge in [0, 0.05) is 7.11 Å². The molecule has 0 bridgehead atoms. The zero-order chi connectivity index (χ0) is 14.5. The Morgan fingerprint density at radius 2 is 1.80 bits per heavy atom. The van der Waals surface area contributed by atoms with Gasteiger partial charge in [-0.05, 0) is 35.2 Å². The summed E-state index contributed by atoms with van der Waals surface area (Å²) in [6.07, 6.45) is 0.859. The molecule has 104 valence electrons. The van der Waals surface area contributed by atoms with Crippen LogP contribution in [0.15, 0.2) is 42.5 Å². The van der Waals surface area contributed by atoms with Gasteiger partial charge in [-0.1, -0.05) is 41.9 Å². The number of methoxy groups -OCH3 is 1. The molecule has 0 atom stereocenters. The minimum atomic E-state index is -1.02. The Labute approximate surface area is 122 Å². The maximum atomic E-state index is 11.1. The zero-order valence-electron chi connectivity index (χ0n) is 11.1. The van der Waals surface area contributed by atoms with Crippen LogP contribution in [0.2, 0.25) is 5.02 Å². The van der Waals surface area contributed by atoms with Crippen LogP contribution < -0.4 is 0 Å². The van der Waals surface area contributed by atoms with Crippen LogP contribution in [0.1, 0.15) is 15.9 Å². The van der Waals surface area contributed by atoms with E-state index in [0.29, 0.717) is 6.61 Å². The SMILES string of the molecule is COCCc1ccc(-c2ccc(Cl)c(C(=O)O)c2)cc1. The molecule has 0 aliphatic carbocycles. The van der Waals surface area contributed by atoms with Crippen LogP contribution in [-0.2, 0) is 11.2 Å². The smallest absolute Gasteiger partial charge is 0.337 e. The van der Waals surface area contributed by atoms with Crippen molar-refractivity contribution in [3.8, 4) is 11.1 Å². The summed E-state index contributed by atoms with van der Waals surface area (Å²) >= 11 is 5.87. The first-order valence-electron chi connectivity index (χ1n) is 6.23. The molecule has 0 unspecified atom stereocenters. The van der Waals surface area contributed by atoms with Gasteiger partial charge in [-0.25, -0.2) is 4.79 Å². The van der Waals surface area contributed by atoms with Crippen LogP contribution in [0, 0.1) is 0 Å². The van der Waals surface area contributed by atoms with E-state index >= 15 is 0 Å². The Hall–Kier alpha value is -1.84. The minimum absolute atomic E-state index is 0.118. The Morgan fingerprint density at radius 1 is 1.15 bits per heavy atom. The summed E-state index contributed by atoms with van der Waals surface area (Å²) in [6.45, 7) is 0.684. The fraction of sp³-hybridized carbons (Fsp3) is 0.188. The third-order valence-corrected chi connectivity index (χ3v) is 3.41. The fourth-order valence-electron chi connectivity index (χ4n) is 1.95. The van der Waals surface area contributed by atoms with Gasteiger partial charge >= 0.3 is 5.97 Å². The molecule has 0 heterocycles. The maximum Gasteiger partial charge on any atom is 0.337 e. The van der Waals surface area contributed by atoms with Crippen molar-refractivity contribution in [1.82, 2.24) is 0 Å². The number of rotatable bonds is 5. The van der Waals surface area contributed by atoms with Crippen molar-refractivity contribution in [2.75, 3.05) is 13.7 Å². The van der Waals surface area contributed by atoms with E-state index in [9.17, 15) is 4.79 Å². The summed E-state index contributed by atoms with van der Waals surface area (Å²) in [6, 6.07) is 13.0. The molecule has 0 amide bonds. The summed E-state index contributed by atoms with van der Waals surface area (Å²) in [5.74, 6) is -1.02. The minimum Gasteiger partial charge on any atom is -0.478 e. The lowest BCUT2D eigenvalue weighted by molar-refractivity contribution is 0.0697. The molecule has 0 radical (unpaired) electrons. The van der Waals surface area contributed by atoms with Gasteiger partial charge in [0.15, 0.2) is 0 Å². The van der Waals surface area contributed by atoms with E-state index in [-0.39, 0.29) is 10.6 Å². The molecule has 2 aromatic rings. The number of hydrogen-bond acceptors (Lipinski definition) is 2. The van der Waals surface area contributed by atoms with Gasteiger partial charge in [0.25, 0.3) is 0 Å². The summed E-state index contributed by atoms with van der Waals surface area (Å²) in [5.41, 5.74) is 3.10. The second kappa shape index (κ2) is 6.55. The van der Waals surface area contributed by atoms with Crippen molar-refractivity contribution < 1.29 is 14.6 Å². The first-order valence-corrected chi connectivity index (χ1v) is 6.60. The molecular formula is C16H15ClO3. The molecule has 2 rings (SSSR count). The first-order chi connectivity index (χ1) is 9.61. The molecule has 4 heteroatoms. The highest BCUT2D eigenvalue weighted by Gasteiger charge is 2.10. The second-order valence-corrected chi connectivity index (χ2v) is 4.85. The molecule has 3 nitrogen and oxygen atoms in total. The highest BCUT2D eigenvalue weighted by atomic mass is 35.5. The number of carbonyl (C=O) groups is 1. The van der Waals surface area contributed by atoms with E-state index in [1.165, 1.54) is 5.56 Å². The Bertz CT molecular complexity index is 606. The second-order valence-electron chi connectivity index (χ2n) is 4.44. The van der Waals surface area contributed by atoms with Crippen LogP contribution >= 0.6 is 11.6 Å². The average molecular weight is 291 g/mol. The number of carboxylic acid groups (broad SMARTS) is 1. The van der Waals surface area contributed by atoms with E-state index in [0.717, 1.165) is 17.5 Å². The van der Waals surface area contributed by atoms with Crippen LogP contribution in [-0.4, -0.2) is 24.8 Å². The lowest BCUT2D eigenvalue weighted by Crippen LogP contribution is -1.98. The molecule has 0 saturated heterocycles. The number of ether oxygens (including phenoxy) is 1. The molecular weight excluding hydrogens is 276 g/mol. The molecule has 20 heavy (non-hydrogen) atoms. The molecule has 0 fully saturated rings. The van der Waals surface area contributed by atoms with Crippen molar-refractivity contribution in [3.05, 3.63) is 58.6 Å². The van der Waals surface area contributed by atoms with Crippen molar-refractivity contribution in [2.45, 2.75) is 6.42 Å². The standard InChI is InChI=1S/C16H15ClO3/c1-20-9-8-11-2-4-12(5-3-11)13-6-7-15(17)14(10-13)16(18)19/h2-7,10H,8-9H2,1H3,(H,18,19). The largest absolute Gasteiger partial charge is 0.478 e. The number of hydrogen-bond donors (Lipinski definition) is 1. The van der Waals surface area contributed by atoms with Crippen molar-refractivity contribution in [1.29, 1.82) is 0 Å². The normalized spacial score (nSPS) is 10.5. The van der Waals surface area contributed by atoms with Crippen LogP contribution in [0.5, 0.6) is 0 Å². The van der Waals surface area contributed by atoms with Gasteiger partial charge < -0.3 is 9.84 Å². The predicted octanol–water partition coefficient (Wildman–Crippen LogP) is 3.89. The van der Waals surface area contributed by atoms with Gasteiger partial charge in [0.05, 0.1) is 17.2 Å². The number of aromatic carboxylic acids is 1.